The van der Waals surface area contributed by atoms with Crippen LogP contribution in [0.15, 0.2) is 18.3 Å². The van der Waals surface area contributed by atoms with Gasteiger partial charge < -0.3 is 20.3 Å². The smallest absolute Gasteiger partial charge is 0.317 e. The number of hydrogen-bond donors (Lipinski definition) is 2. The number of piperidine rings is 1. The van der Waals surface area contributed by atoms with Gasteiger partial charge in [-0.05, 0) is 44.2 Å². The Balaban J connectivity index is 1.50. The second-order valence-electron chi connectivity index (χ2n) is 6.76. The molecule has 2 saturated heterocycles. The van der Waals surface area contributed by atoms with Gasteiger partial charge in [0.1, 0.15) is 5.82 Å². The molecule has 2 atom stereocenters. The quantitative estimate of drug-likeness (QED) is 0.872. The van der Waals surface area contributed by atoms with Gasteiger partial charge in [0.25, 0.3) is 0 Å². The van der Waals surface area contributed by atoms with Crippen molar-refractivity contribution in [2.75, 3.05) is 31.6 Å². The molecule has 0 unspecified atom stereocenters. The van der Waals surface area contributed by atoms with Crippen molar-refractivity contribution in [3.8, 4) is 0 Å². The summed E-state index contributed by atoms with van der Waals surface area (Å²) in [6.45, 7) is 4.35. The molecule has 3 rings (SSSR count). The molecule has 2 fully saturated rings. The zero-order valence-electron chi connectivity index (χ0n) is 14.7. The topological polar surface area (TPSA) is 83.6 Å². The summed E-state index contributed by atoms with van der Waals surface area (Å²) in [6, 6.07) is 3.64. The molecule has 1 aromatic rings. The van der Waals surface area contributed by atoms with Gasteiger partial charge in [-0.15, -0.1) is 0 Å². The zero-order valence-corrected chi connectivity index (χ0v) is 14.7. The highest BCUT2D eigenvalue weighted by Gasteiger charge is 2.29. The van der Waals surface area contributed by atoms with Crippen molar-refractivity contribution >= 4 is 17.8 Å². The molecule has 25 heavy (non-hydrogen) atoms. The number of rotatable bonds is 4. The third kappa shape index (κ3) is 4.69. The van der Waals surface area contributed by atoms with Gasteiger partial charge >= 0.3 is 6.03 Å². The van der Waals surface area contributed by atoms with E-state index in [9.17, 15) is 9.59 Å². The van der Waals surface area contributed by atoms with Crippen LogP contribution in [0.1, 0.15) is 31.2 Å². The summed E-state index contributed by atoms with van der Waals surface area (Å²) >= 11 is 0. The second-order valence-corrected chi connectivity index (χ2v) is 6.76. The zero-order chi connectivity index (χ0) is 17.6. The van der Waals surface area contributed by atoms with Crippen LogP contribution in [0, 0.1) is 12.8 Å². The number of anilines is 1. The second kappa shape index (κ2) is 8.29. The standard InChI is InChI=1S/C18H26N4O3/c1-13-5-2-8-19-16(13)21-17(23)14-6-3-9-22(12-14)18(24)20-11-15-7-4-10-25-15/h2,5,8,14-15H,3-4,6-7,9-12H2,1H3,(H,20,24)(H,19,21,23)/t14-,15+/m1/s1. The van der Waals surface area contributed by atoms with Crippen LogP contribution in [-0.2, 0) is 9.53 Å². The van der Waals surface area contributed by atoms with E-state index in [-0.39, 0.29) is 24.0 Å². The third-order valence-corrected chi connectivity index (χ3v) is 4.84. The lowest BCUT2D eigenvalue weighted by Crippen LogP contribution is -2.49. The van der Waals surface area contributed by atoms with Gasteiger partial charge in [-0.1, -0.05) is 6.07 Å². The predicted molar refractivity (Wildman–Crippen MR) is 94.3 cm³/mol. The van der Waals surface area contributed by atoms with Crippen molar-refractivity contribution in [1.29, 1.82) is 0 Å². The fourth-order valence-electron chi connectivity index (χ4n) is 3.33. The summed E-state index contributed by atoms with van der Waals surface area (Å²) < 4.78 is 5.52. The molecule has 0 bridgehead atoms. The first kappa shape index (κ1) is 17.7. The molecule has 0 radical (unpaired) electrons. The van der Waals surface area contributed by atoms with E-state index in [0.29, 0.717) is 25.5 Å². The molecule has 2 aliphatic heterocycles. The Hall–Kier alpha value is -2.15. The summed E-state index contributed by atoms with van der Waals surface area (Å²) in [6.07, 6.45) is 5.45. The van der Waals surface area contributed by atoms with Crippen LogP contribution >= 0.6 is 0 Å². The number of hydrogen-bond acceptors (Lipinski definition) is 4. The predicted octanol–water partition coefficient (Wildman–Crippen LogP) is 1.93. The van der Waals surface area contributed by atoms with E-state index in [1.54, 1.807) is 11.1 Å². The van der Waals surface area contributed by atoms with E-state index < -0.39 is 0 Å². The molecule has 2 aliphatic rings. The first-order valence-corrected chi connectivity index (χ1v) is 9.00. The summed E-state index contributed by atoms with van der Waals surface area (Å²) in [5.41, 5.74) is 0.929. The number of carbonyl (C=O) groups excluding carboxylic acids is 2. The highest BCUT2D eigenvalue weighted by Crippen LogP contribution is 2.19. The highest BCUT2D eigenvalue weighted by molar-refractivity contribution is 5.92. The molecular formula is C18H26N4O3. The summed E-state index contributed by atoms with van der Waals surface area (Å²) in [5.74, 6) is 0.314. The fourth-order valence-corrected chi connectivity index (χ4v) is 3.33. The molecule has 3 heterocycles. The molecule has 7 heteroatoms. The lowest BCUT2D eigenvalue weighted by molar-refractivity contribution is -0.121. The minimum atomic E-state index is -0.205. The Labute approximate surface area is 148 Å². The van der Waals surface area contributed by atoms with E-state index in [2.05, 4.69) is 15.6 Å². The monoisotopic (exact) mass is 346 g/mol. The van der Waals surface area contributed by atoms with Gasteiger partial charge in [0.05, 0.1) is 12.0 Å². The van der Waals surface area contributed by atoms with Gasteiger partial charge in [-0.3, -0.25) is 4.79 Å². The lowest BCUT2D eigenvalue weighted by Gasteiger charge is -2.32. The van der Waals surface area contributed by atoms with Crippen molar-refractivity contribution in [3.05, 3.63) is 23.9 Å². The lowest BCUT2D eigenvalue weighted by atomic mass is 9.97. The van der Waals surface area contributed by atoms with Gasteiger partial charge in [-0.2, -0.15) is 0 Å². The van der Waals surface area contributed by atoms with E-state index in [4.69, 9.17) is 4.74 Å². The summed E-state index contributed by atoms with van der Waals surface area (Å²) in [7, 11) is 0. The number of likely N-dealkylation sites (tertiary alicyclic amines) is 1. The molecule has 1 aromatic heterocycles. The molecule has 0 saturated carbocycles. The summed E-state index contributed by atoms with van der Waals surface area (Å²) in [5, 5.41) is 5.82. The summed E-state index contributed by atoms with van der Waals surface area (Å²) in [4.78, 5) is 30.8. The van der Waals surface area contributed by atoms with Crippen molar-refractivity contribution < 1.29 is 14.3 Å². The van der Waals surface area contributed by atoms with Crippen LogP contribution in [0.2, 0.25) is 0 Å². The third-order valence-electron chi connectivity index (χ3n) is 4.84. The fraction of sp³-hybridized carbons (Fsp3) is 0.611. The molecule has 136 valence electrons. The number of aromatic nitrogens is 1. The van der Waals surface area contributed by atoms with E-state index in [0.717, 1.165) is 37.9 Å². The number of aryl methyl sites for hydroxylation is 1. The molecule has 0 aromatic carbocycles. The van der Waals surface area contributed by atoms with Gasteiger partial charge in [-0.25, -0.2) is 9.78 Å². The van der Waals surface area contributed by atoms with Crippen LogP contribution in [0.3, 0.4) is 0 Å². The van der Waals surface area contributed by atoms with Crippen LogP contribution in [-0.4, -0.2) is 54.2 Å². The Kier molecular flexibility index (Phi) is 5.86. The van der Waals surface area contributed by atoms with Crippen LogP contribution in [0.5, 0.6) is 0 Å². The van der Waals surface area contributed by atoms with Crippen molar-refractivity contribution in [2.45, 2.75) is 38.7 Å². The number of carbonyl (C=O) groups is 2. The van der Waals surface area contributed by atoms with Crippen molar-refractivity contribution in [3.63, 3.8) is 0 Å². The average Bonchev–Trinajstić information content (AvgIpc) is 3.15. The SMILES string of the molecule is Cc1cccnc1NC(=O)[C@@H]1CCCN(C(=O)NC[C@@H]2CCCO2)C1. The molecule has 3 amide bonds. The van der Waals surface area contributed by atoms with E-state index in [1.807, 2.05) is 19.1 Å². The van der Waals surface area contributed by atoms with Crippen LogP contribution < -0.4 is 10.6 Å². The Morgan fingerprint density at radius 1 is 1.36 bits per heavy atom. The maximum absolute atomic E-state index is 12.5. The Bertz CT molecular complexity index is 616. The minimum absolute atomic E-state index is 0.0709. The van der Waals surface area contributed by atoms with E-state index in [1.165, 1.54) is 0 Å². The number of amides is 3. The largest absolute Gasteiger partial charge is 0.376 e. The normalized spacial score (nSPS) is 23.3. The number of nitrogens with zero attached hydrogens (tertiary/aromatic N) is 2. The molecule has 2 N–H and O–H groups in total. The van der Waals surface area contributed by atoms with Gasteiger partial charge in [0, 0.05) is 32.4 Å². The van der Waals surface area contributed by atoms with Gasteiger partial charge in [0.2, 0.25) is 5.91 Å². The van der Waals surface area contributed by atoms with Crippen molar-refractivity contribution in [2.24, 2.45) is 5.92 Å². The first-order valence-electron chi connectivity index (χ1n) is 9.00. The number of ether oxygens (including phenoxy) is 1. The molecular weight excluding hydrogens is 320 g/mol. The number of nitrogens with one attached hydrogen (secondary N) is 2. The minimum Gasteiger partial charge on any atom is -0.376 e. The number of urea groups is 1. The first-order chi connectivity index (χ1) is 12.1. The maximum atomic E-state index is 12.5. The molecule has 0 spiro atoms. The van der Waals surface area contributed by atoms with Crippen LogP contribution in [0.4, 0.5) is 10.6 Å². The average molecular weight is 346 g/mol. The van der Waals surface area contributed by atoms with E-state index >= 15 is 0 Å². The molecule has 0 aliphatic carbocycles. The Morgan fingerprint density at radius 3 is 3.00 bits per heavy atom. The van der Waals surface area contributed by atoms with Crippen LogP contribution in [0.25, 0.3) is 0 Å². The highest BCUT2D eigenvalue weighted by atomic mass is 16.5. The molecule has 7 nitrogen and oxygen atoms in total. The van der Waals surface area contributed by atoms with Crippen molar-refractivity contribution in [1.82, 2.24) is 15.2 Å². The number of pyridine rings is 1. The Morgan fingerprint density at radius 2 is 2.24 bits per heavy atom. The van der Waals surface area contributed by atoms with Gasteiger partial charge in [0.15, 0.2) is 0 Å². The maximum Gasteiger partial charge on any atom is 0.317 e.